The molecule has 0 aromatic carbocycles. The van der Waals surface area contributed by atoms with Crippen LogP contribution in [0.5, 0.6) is 0 Å². The lowest BCUT2D eigenvalue weighted by molar-refractivity contribution is 0.0863. The van der Waals surface area contributed by atoms with E-state index in [1.165, 1.54) is 64.5 Å². The molecular weight excluding hydrogens is 336 g/mol. The second-order valence-corrected chi connectivity index (χ2v) is 7.40. The van der Waals surface area contributed by atoms with E-state index in [2.05, 4.69) is 43.9 Å². The summed E-state index contributed by atoms with van der Waals surface area (Å²) < 4.78 is 2.19. The van der Waals surface area contributed by atoms with Crippen molar-refractivity contribution in [3.63, 3.8) is 0 Å². The molecule has 1 saturated carbocycles. The van der Waals surface area contributed by atoms with Gasteiger partial charge in [0, 0.05) is 26.2 Å². The number of hydrogen-bond acceptors (Lipinski definition) is 5. The number of unbranched alkanes of at least 4 members (excludes halogenated alkanes) is 1. The lowest BCUT2D eigenvalue weighted by Crippen LogP contribution is -2.48. The highest BCUT2D eigenvalue weighted by Gasteiger charge is 2.30. The molecule has 1 unspecified atom stereocenters. The Morgan fingerprint density at radius 3 is 2.40 bits per heavy atom. The fourth-order valence-electron chi connectivity index (χ4n) is 4.27. The molecule has 6 nitrogen and oxygen atoms in total. The van der Waals surface area contributed by atoms with E-state index in [0.29, 0.717) is 12.1 Å². The van der Waals surface area contributed by atoms with E-state index in [1.807, 2.05) is 0 Å². The van der Waals surface area contributed by atoms with Crippen LogP contribution in [0, 0.1) is 0 Å². The van der Waals surface area contributed by atoms with Crippen molar-refractivity contribution >= 4 is 12.4 Å². The van der Waals surface area contributed by atoms with Gasteiger partial charge in [-0.3, -0.25) is 4.90 Å². The van der Waals surface area contributed by atoms with Gasteiger partial charge in [-0.05, 0) is 36.2 Å². The van der Waals surface area contributed by atoms with Gasteiger partial charge in [0.1, 0.15) is 0 Å². The van der Waals surface area contributed by atoms with Gasteiger partial charge in [-0.1, -0.05) is 46.0 Å². The Labute approximate surface area is 158 Å². The van der Waals surface area contributed by atoms with Crippen molar-refractivity contribution in [2.75, 3.05) is 32.7 Å². The number of piperazine rings is 1. The monoisotopic (exact) mass is 370 g/mol. The molecule has 2 heterocycles. The number of hydrogen-bond donors (Lipinski definition) is 0. The molecule has 1 aromatic heterocycles. The fourth-order valence-corrected chi connectivity index (χ4v) is 4.27. The van der Waals surface area contributed by atoms with E-state index in [0.717, 1.165) is 25.5 Å². The maximum atomic E-state index is 4.51. The zero-order valence-corrected chi connectivity index (χ0v) is 16.8. The minimum absolute atomic E-state index is 0. The molecular formula is C18H35ClN6. The van der Waals surface area contributed by atoms with Gasteiger partial charge in [0.2, 0.25) is 0 Å². The third-order valence-corrected chi connectivity index (χ3v) is 5.86. The van der Waals surface area contributed by atoms with Crippen molar-refractivity contribution in [3.05, 3.63) is 5.82 Å². The van der Waals surface area contributed by atoms with Crippen molar-refractivity contribution in [3.8, 4) is 0 Å². The Morgan fingerprint density at radius 2 is 1.76 bits per heavy atom. The molecule has 144 valence electrons. The summed E-state index contributed by atoms with van der Waals surface area (Å²) in [6.07, 6.45) is 10.1. The van der Waals surface area contributed by atoms with Crippen LogP contribution in [-0.4, -0.2) is 62.7 Å². The first-order chi connectivity index (χ1) is 11.8. The maximum Gasteiger partial charge on any atom is 0.168 e. The minimum atomic E-state index is 0. The third kappa shape index (κ3) is 5.14. The molecule has 2 fully saturated rings. The lowest BCUT2D eigenvalue weighted by atomic mass is 9.95. The van der Waals surface area contributed by atoms with Gasteiger partial charge in [-0.2, -0.15) is 0 Å². The summed E-state index contributed by atoms with van der Waals surface area (Å²) in [4.78, 5) is 5.17. The Kier molecular flexibility index (Phi) is 8.59. The first kappa shape index (κ1) is 20.6. The third-order valence-electron chi connectivity index (χ3n) is 5.86. The average molecular weight is 371 g/mol. The number of aromatic nitrogens is 4. The number of nitrogens with zero attached hydrogens (tertiary/aromatic N) is 6. The second kappa shape index (κ2) is 10.4. The van der Waals surface area contributed by atoms with Gasteiger partial charge < -0.3 is 4.90 Å². The van der Waals surface area contributed by atoms with E-state index in [-0.39, 0.29) is 12.4 Å². The molecule has 0 N–H and O–H groups in total. The highest BCUT2D eigenvalue weighted by Crippen LogP contribution is 2.32. The summed E-state index contributed by atoms with van der Waals surface area (Å²) in [5.41, 5.74) is 0. The molecule has 0 bridgehead atoms. The largest absolute Gasteiger partial charge is 0.301 e. The van der Waals surface area contributed by atoms with Gasteiger partial charge in [-0.15, -0.1) is 17.5 Å². The molecule has 25 heavy (non-hydrogen) atoms. The predicted octanol–water partition coefficient (Wildman–Crippen LogP) is 3.47. The van der Waals surface area contributed by atoms with Gasteiger partial charge in [-0.25, -0.2) is 4.68 Å². The highest BCUT2D eigenvalue weighted by molar-refractivity contribution is 5.85. The summed E-state index contributed by atoms with van der Waals surface area (Å²) in [6.45, 7) is 10.3. The second-order valence-electron chi connectivity index (χ2n) is 7.40. The first-order valence-electron chi connectivity index (χ1n) is 10.1. The minimum Gasteiger partial charge on any atom is -0.301 e. The van der Waals surface area contributed by atoms with Crippen molar-refractivity contribution in [2.24, 2.45) is 0 Å². The zero-order chi connectivity index (χ0) is 16.8. The molecule has 1 aliphatic heterocycles. The first-order valence-corrected chi connectivity index (χ1v) is 10.1. The van der Waals surface area contributed by atoms with Crippen LogP contribution in [0.25, 0.3) is 0 Å². The molecule has 1 saturated heterocycles. The van der Waals surface area contributed by atoms with E-state index in [4.69, 9.17) is 0 Å². The van der Waals surface area contributed by atoms with Crippen LogP contribution in [-0.2, 0) is 0 Å². The van der Waals surface area contributed by atoms with Crippen LogP contribution in [0.2, 0.25) is 0 Å². The standard InChI is InChI=1S/C18H34N6.ClH/c1-3-5-11-17(23-14-12-22(4-2)13-15-23)18-19-20-21-24(18)16-9-7-6-8-10-16;/h16-17H,3-15H2,1-2H3;1H. The van der Waals surface area contributed by atoms with Crippen molar-refractivity contribution < 1.29 is 0 Å². The molecule has 2 aliphatic rings. The van der Waals surface area contributed by atoms with Gasteiger partial charge in [0.15, 0.2) is 5.82 Å². The highest BCUT2D eigenvalue weighted by atomic mass is 35.5. The zero-order valence-electron chi connectivity index (χ0n) is 15.9. The molecule has 1 atom stereocenters. The van der Waals surface area contributed by atoms with Crippen molar-refractivity contribution in [1.29, 1.82) is 0 Å². The molecule has 7 heteroatoms. The smallest absolute Gasteiger partial charge is 0.168 e. The Hall–Kier alpha value is -0.720. The fraction of sp³-hybridized carbons (Fsp3) is 0.944. The van der Waals surface area contributed by atoms with Crippen LogP contribution in [0.4, 0.5) is 0 Å². The normalized spacial score (nSPS) is 21.8. The molecule has 3 rings (SSSR count). The molecule has 1 aliphatic carbocycles. The van der Waals surface area contributed by atoms with E-state index < -0.39 is 0 Å². The number of halogens is 1. The van der Waals surface area contributed by atoms with Crippen LogP contribution in [0.15, 0.2) is 0 Å². The predicted molar refractivity (Wildman–Crippen MR) is 103 cm³/mol. The number of rotatable bonds is 7. The van der Waals surface area contributed by atoms with E-state index in [1.54, 1.807) is 0 Å². The van der Waals surface area contributed by atoms with Crippen LogP contribution < -0.4 is 0 Å². The Bertz CT molecular complexity index is 480. The van der Waals surface area contributed by atoms with Gasteiger partial charge in [0.25, 0.3) is 0 Å². The summed E-state index contributed by atoms with van der Waals surface area (Å²) in [5, 5.41) is 13.0. The molecule has 0 radical (unpaired) electrons. The van der Waals surface area contributed by atoms with Crippen LogP contribution in [0.3, 0.4) is 0 Å². The molecule has 0 amide bonds. The van der Waals surface area contributed by atoms with E-state index in [9.17, 15) is 0 Å². The SMILES string of the molecule is CCCCC(c1nnnn1C1CCCCC1)N1CCN(CC)CC1.Cl. The van der Waals surface area contributed by atoms with Crippen LogP contribution >= 0.6 is 12.4 Å². The number of tetrazole rings is 1. The van der Waals surface area contributed by atoms with Crippen molar-refractivity contribution in [2.45, 2.75) is 77.3 Å². The summed E-state index contributed by atoms with van der Waals surface area (Å²) >= 11 is 0. The van der Waals surface area contributed by atoms with Gasteiger partial charge in [0.05, 0.1) is 12.1 Å². The van der Waals surface area contributed by atoms with Crippen molar-refractivity contribution in [1.82, 2.24) is 30.0 Å². The quantitative estimate of drug-likeness (QED) is 0.735. The molecule has 1 aromatic rings. The Morgan fingerprint density at radius 1 is 1.04 bits per heavy atom. The van der Waals surface area contributed by atoms with Crippen LogP contribution in [0.1, 0.15) is 83.1 Å². The summed E-state index contributed by atoms with van der Waals surface area (Å²) in [6, 6.07) is 0.908. The summed E-state index contributed by atoms with van der Waals surface area (Å²) in [7, 11) is 0. The van der Waals surface area contributed by atoms with E-state index >= 15 is 0 Å². The maximum absolute atomic E-state index is 4.51. The average Bonchev–Trinajstić information content (AvgIpc) is 3.13. The van der Waals surface area contributed by atoms with Gasteiger partial charge >= 0.3 is 0 Å². The topological polar surface area (TPSA) is 50.1 Å². The summed E-state index contributed by atoms with van der Waals surface area (Å²) in [5.74, 6) is 1.13. The Balaban J connectivity index is 0.00000225. The number of likely N-dealkylation sites (N-methyl/N-ethyl adjacent to an activating group) is 1. The lowest BCUT2D eigenvalue weighted by Gasteiger charge is -2.39. The molecule has 0 spiro atoms.